The minimum Gasteiger partial charge on any atom is -0.478 e. The van der Waals surface area contributed by atoms with Gasteiger partial charge in [0.1, 0.15) is 0 Å². The van der Waals surface area contributed by atoms with Gasteiger partial charge in [0.25, 0.3) is 5.56 Å². The van der Waals surface area contributed by atoms with Crippen LogP contribution in [0.2, 0.25) is 0 Å². The highest BCUT2D eigenvalue weighted by Crippen LogP contribution is 2.19. The number of carboxylic acids is 1. The third-order valence-corrected chi connectivity index (χ3v) is 3.23. The number of nitrogens with zero attached hydrogens (tertiary/aromatic N) is 5. The molecule has 0 aliphatic heterocycles. The Morgan fingerprint density at radius 1 is 1.26 bits per heavy atom. The van der Waals surface area contributed by atoms with Crippen LogP contribution in [0.25, 0.3) is 16.9 Å². The van der Waals surface area contributed by atoms with Crippen LogP contribution in [0.4, 0.5) is 4.39 Å². The zero-order chi connectivity index (χ0) is 16.6. The lowest BCUT2D eigenvalue weighted by Gasteiger charge is -2.08. The van der Waals surface area contributed by atoms with Gasteiger partial charge in [-0.3, -0.25) is 14.3 Å². The monoisotopic (exact) mass is 315 g/mol. The average molecular weight is 315 g/mol. The van der Waals surface area contributed by atoms with Gasteiger partial charge in [0.2, 0.25) is 0 Å². The first-order valence-corrected chi connectivity index (χ1v) is 6.43. The third-order valence-electron chi connectivity index (χ3n) is 3.23. The fraction of sp³-hybridized carbons (Fsp3) is 0.0714. The molecule has 3 heterocycles. The predicted molar refractivity (Wildman–Crippen MR) is 76.7 cm³/mol. The zero-order valence-electron chi connectivity index (χ0n) is 11.8. The Morgan fingerprint density at radius 2 is 2.04 bits per heavy atom. The maximum atomic E-state index is 13.7. The van der Waals surface area contributed by atoms with Gasteiger partial charge in [0.15, 0.2) is 5.82 Å². The highest BCUT2D eigenvalue weighted by molar-refractivity contribution is 5.87. The van der Waals surface area contributed by atoms with Crippen LogP contribution in [0.1, 0.15) is 10.4 Å². The van der Waals surface area contributed by atoms with E-state index >= 15 is 0 Å². The first kappa shape index (κ1) is 14.6. The molecule has 0 bridgehead atoms. The Kier molecular flexibility index (Phi) is 3.45. The summed E-state index contributed by atoms with van der Waals surface area (Å²) in [6, 6.07) is 2.25. The second-order valence-electron chi connectivity index (χ2n) is 4.73. The van der Waals surface area contributed by atoms with E-state index in [1.165, 1.54) is 23.3 Å². The van der Waals surface area contributed by atoms with Crippen molar-refractivity contribution >= 4 is 5.97 Å². The summed E-state index contributed by atoms with van der Waals surface area (Å²) in [4.78, 5) is 27.0. The summed E-state index contributed by atoms with van der Waals surface area (Å²) in [6.45, 7) is 0. The van der Waals surface area contributed by atoms with Crippen molar-refractivity contribution in [1.29, 1.82) is 0 Å². The number of hydrogen-bond acceptors (Lipinski definition) is 5. The lowest BCUT2D eigenvalue weighted by Crippen LogP contribution is -2.23. The molecule has 1 N–H and O–H groups in total. The van der Waals surface area contributed by atoms with Crippen molar-refractivity contribution < 1.29 is 14.3 Å². The molecule has 0 aromatic carbocycles. The number of pyridine rings is 2. The lowest BCUT2D eigenvalue weighted by molar-refractivity contribution is 0.0695. The van der Waals surface area contributed by atoms with Crippen LogP contribution < -0.4 is 5.56 Å². The van der Waals surface area contributed by atoms with Gasteiger partial charge in [0.05, 0.1) is 29.3 Å². The molecule has 0 aliphatic rings. The summed E-state index contributed by atoms with van der Waals surface area (Å²) in [6.07, 6.45) is 5.43. The molecule has 0 amide bonds. The van der Waals surface area contributed by atoms with Crippen LogP contribution in [-0.2, 0) is 7.05 Å². The molecule has 0 radical (unpaired) electrons. The number of carboxylic acid groups (broad SMARTS) is 1. The van der Waals surface area contributed by atoms with Gasteiger partial charge in [-0.05, 0) is 12.1 Å². The predicted octanol–water partition coefficient (Wildman–Crippen LogP) is 0.865. The van der Waals surface area contributed by atoms with Crippen LogP contribution in [0.3, 0.4) is 0 Å². The van der Waals surface area contributed by atoms with E-state index in [-0.39, 0.29) is 11.3 Å². The Hall–Kier alpha value is -3.36. The average Bonchev–Trinajstić information content (AvgIpc) is 2.96. The van der Waals surface area contributed by atoms with Gasteiger partial charge in [-0.2, -0.15) is 0 Å². The fourth-order valence-corrected chi connectivity index (χ4v) is 2.11. The number of halogens is 1. The Labute approximate surface area is 128 Å². The van der Waals surface area contributed by atoms with E-state index in [1.54, 1.807) is 13.1 Å². The highest BCUT2D eigenvalue weighted by Gasteiger charge is 2.13. The zero-order valence-corrected chi connectivity index (χ0v) is 11.8. The number of aromatic nitrogens is 5. The lowest BCUT2D eigenvalue weighted by atomic mass is 10.2. The van der Waals surface area contributed by atoms with Crippen molar-refractivity contribution in [2.24, 2.45) is 7.05 Å². The van der Waals surface area contributed by atoms with Gasteiger partial charge < -0.3 is 5.11 Å². The van der Waals surface area contributed by atoms with Gasteiger partial charge in [-0.25, -0.2) is 13.9 Å². The normalized spacial score (nSPS) is 10.7. The summed E-state index contributed by atoms with van der Waals surface area (Å²) in [5.41, 5.74) is 0.174. The Bertz CT molecular complexity index is 963. The minimum atomic E-state index is -1.34. The first-order valence-electron chi connectivity index (χ1n) is 6.43. The van der Waals surface area contributed by atoms with Crippen molar-refractivity contribution in [3.8, 4) is 16.9 Å². The Balaban J connectivity index is 2.19. The standard InChI is InChI=1S/C14H10FN5O3/c1-19-12(6-17-18-19)8-2-10(5-16-4-8)20-7-9(14(22)23)3-11(15)13(20)21/h2-7H,1H3,(H,22,23). The van der Waals surface area contributed by atoms with Crippen molar-refractivity contribution in [1.82, 2.24) is 24.5 Å². The van der Waals surface area contributed by atoms with E-state index in [4.69, 9.17) is 5.11 Å². The number of hydrogen-bond donors (Lipinski definition) is 1. The second kappa shape index (κ2) is 5.44. The number of aryl methyl sites for hydroxylation is 1. The number of rotatable bonds is 3. The molecule has 3 rings (SSSR count). The molecule has 0 fully saturated rings. The second-order valence-corrected chi connectivity index (χ2v) is 4.73. The van der Waals surface area contributed by atoms with E-state index in [2.05, 4.69) is 15.3 Å². The maximum Gasteiger partial charge on any atom is 0.337 e. The van der Waals surface area contributed by atoms with Gasteiger partial charge in [0, 0.05) is 25.0 Å². The Morgan fingerprint density at radius 3 is 2.70 bits per heavy atom. The summed E-state index contributed by atoms with van der Waals surface area (Å²) >= 11 is 0. The van der Waals surface area contributed by atoms with Crippen LogP contribution >= 0.6 is 0 Å². The molecule has 9 heteroatoms. The minimum absolute atomic E-state index is 0.232. The summed E-state index contributed by atoms with van der Waals surface area (Å²) in [7, 11) is 1.69. The summed E-state index contributed by atoms with van der Waals surface area (Å²) < 4.78 is 16.1. The molecular formula is C14H10FN5O3. The van der Waals surface area contributed by atoms with Gasteiger partial charge in [-0.15, -0.1) is 5.10 Å². The molecule has 116 valence electrons. The summed E-state index contributed by atoms with van der Waals surface area (Å²) in [5, 5.41) is 16.5. The quantitative estimate of drug-likeness (QED) is 0.769. The molecule has 3 aromatic rings. The van der Waals surface area contributed by atoms with Gasteiger partial charge in [-0.1, -0.05) is 5.21 Å². The SMILES string of the molecule is Cn1nncc1-c1cncc(-n2cc(C(=O)O)cc(F)c2=O)c1. The molecule has 3 aromatic heterocycles. The van der Waals surface area contributed by atoms with E-state index in [0.717, 1.165) is 10.8 Å². The topological polar surface area (TPSA) is 103 Å². The molecule has 0 saturated carbocycles. The van der Waals surface area contributed by atoms with Crippen LogP contribution in [0.5, 0.6) is 0 Å². The molecular weight excluding hydrogens is 305 g/mol. The van der Waals surface area contributed by atoms with Gasteiger partial charge >= 0.3 is 5.97 Å². The molecule has 23 heavy (non-hydrogen) atoms. The molecule has 0 aliphatic carbocycles. The fourth-order valence-electron chi connectivity index (χ4n) is 2.11. The summed E-state index contributed by atoms with van der Waals surface area (Å²) in [5.74, 6) is -2.49. The molecule has 0 atom stereocenters. The largest absolute Gasteiger partial charge is 0.478 e. The van der Waals surface area contributed by atoms with E-state index in [9.17, 15) is 14.0 Å². The van der Waals surface area contributed by atoms with E-state index < -0.39 is 17.3 Å². The molecule has 0 spiro atoms. The molecule has 0 saturated heterocycles. The van der Waals surface area contributed by atoms with E-state index in [0.29, 0.717) is 17.3 Å². The van der Waals surface area contributed by atoms with Crippen LogP contribution in [0.15, 0.2) is 41.7 Å². The van der Waals surface area contributed by atoms with E-state index in [1.807, 2.05) is 0 Å². The first-order chi connectivity index (χ1) is 11.0. The van der Waals surface area contributed by atoms with Crippen LogP contribution in [-0.4, -0.2) is 35.6 Å². The number of aromatic carboxylic acids is 1. The van der Waals surface area contributed by atoms with Crippen molar-refractivity contribution in [3.05, 3.63) is 58.7 Å². The van der Waals surface area contributed by atoms with Crippen LogP contribution in [0, 0.1) is 5.82 Å². The smallest absolute Gasteiger partial charge is 0.337 e. The highest BCUT2D eigenvalue weighted by atomic mass is 19.1. The third kappa shape index (κ3) is 2.59. The molecule has 0 unspecified atom stereocenters. The number of carbonyl (C=O) groups is 1. The molecule has 8 nitrogen and oxygen atoms in total. The van der Waals surface area contributed by atoms with Crippen molar-refractivity contribution in [2.75, 3.05) is 0 Å². The maximum absolute atomic E-state index is 13.7. The van der Waals surface area contributed by atoms with Crippen molar-refractivity contribution in [3.63, 3.8) is 0 Å². The van der Waals surface area contributed by atoms with Crippen molar-refractivity contribution in [2.45, 2.75) is 0 Å².